The maximum Gasteiger partial charge on any atom is 0.0616 e. The molecule has 3 atom stereocenters. The standard InChI is InChI=1S/C14H21BrN2O/c1-3-14-12(4-5-18-14)13(16-2)7-10-6-11(15)9-17-8-10/h6,8-9,12-14,16H,3-5,7H2,1-2H3. The highest BCUT2D eigenvalue weighted by atomic mass is 79.9. The van der Waals surface area contributed by atoms with Gasteiger partial charge in [-0.2, -0.15) is 0 Å². The predicted octanol–water partition coefficient (Wildman–Crippen LogP) is 2.79. The van der Waals surface area contributed by atoms with Crippen molar-refractivity contribution in [1.29, 1.82) is 0 Å². The second kappa shape index (κ2) is 6.64. The van der Waals surface area contributed by atoms with Crippen LogP contribution < -0.4 is 5.32 Å². The molecular weight excluding hydrogens is 292 g/mol. The van der Waals surface area contributed by atoms with Crippen molar-refractivity contribution in [2.75, 3.05) is 13.7 Å². The molecule has 4 heteroatoms. The SMILES string of the molecule is CCC1OCCC1C(Cc1cncc(Br)c1)NC. The molecule has 0 radical (unpaired) electrons. The van der Waals surface area contributed by atoms with E-state index in [4.69, 9.17) is 4.74 Å². The van der Waals surface area contributed by atoms with Crippen LogP contribution >= 0.6 is 15.9 Å². The minimum absolute atomic E-state index is 0.405. The van der Waals surface area contributed by atoms with E-state index in [2.05, 4.69) is 39.2 Å². The number of nitrogens with zero attached hydrogens (tertiary/aromatic N) is 1. The van der Waals surface area contributed by atoms with E-state index in [9.17, 15) is 0 Å². The first-order chi connectivity index (χ1) is 8.74. The summed E-state index contributed by atoms with van der Waals surface area (Å²) in [6.45, 7) is 3.11. The fraction of sp³-hybridized carbons (Fsp3) is 0.643. The number of hydrogen-bond acceptors (Lipinski definition) is 3. The van der Waals surface area contributed by atoms with E-state index in [1.165, 1.54) is 5.56 Å². The van der Waals surface area contributed by atoms with Gasteiger partial charge in [0.25, 0.3) is 0 Å². The summed E-state index contributed by atoms with van der Waals surface area (Å²) in [5.74, 6) is 0.610. The van der Waals surface area contributed by atoms with Crippen LogP contribution in [-0.2, 0) is 11.2 Å². The van der Waals surface area contributed by atoms with E-state index < -0.39 is 0 Å². The highest BCUT2D eigenvalue weighted by molar-refractivity contribution is 9.10. The molecule has 0 amide bonds. The Labute approximate surface area is 117 Å². The smallest absolute Gasteiger partial charge is 0.0616 e. The van der Waals surface area contributed by atoms with Crippen LogP contribution in [0, 0.1) is 5.92 Å². The lowest BCUT2D eigenvalue weighted by molar-refractivity contribution is 0.0783. The third kappa shape index (κ3) is 3.31. The minimum Gasteiger partial charge on any atom is -0.378 e. The average molecular weight is 313 g/mol. The van der Waals surface area contributed by atoms with E-state index in [1.54, 1.807) is 0 Å². The van der Waals surface area contributed by atoms with Gasteiger partial charge >= 0.3 is 0 Å². The van der Waals surface area contributed by atoms with E-state index in [-0.39, 0.29) is 0 Å². The second-order valence-corrected chi connectivity index (χ2v) is 5.80. The number of likely N-dealkylation sites (N-methyl/N-ethyl adjacent to an activating group) is 1. The zero-order chi connectivity index (χ0) is 13.0. The quantitative estimate of drug-likeness (QED) is 0.908. The van der Waals surface area contributed by atoms with E-state index in [0.717, 1.165) is 30.3 Å². The van der Waals surface area contributed by atoms with E-state index in [1.807, 2.05) is 19.4 Å². The first-order valence-electron chi connectivity index (χ1n) is 6.63. The van der Waals surface area contributed by atoms with Crippen molar-refractivity contribution in [3.63, 3.8) is 0 Å². The largest absolute Gasteiger partial charge is 0.378 e. The van der Waals surface area contributed by atoms with Gasteiger partial charge in [-0.25, -0.2) is 0 Å². The molecule has 1 aromatic heterocycles. The molecule has 2 heterocycles. The molecule has 3 nitrogen and oxygen atoms in total. The molecule has 3 unspecified atom stereocenters. The number of ether oxygens (including phenoxy) is 1. The van der Waals surface area contributed by atoms with Crippen molar-refractivity contribution < 1.29 is 4.74 Å². The Bertz CT molecular complexity index is 386. The molecule has 1 aromatic rings. The summed E-state index contributed by atoms with van der Waals surface area (Å²) in [7, 11) is 2.04. The minimum atomic E-state index is 0.405. The molecule has 18 heavy (non-hydrogen) atoms. The van der Waals surface area contributed by atoms with Crippen molar-refractivity contribution >= 4 is 15.9 Å². The maximum absolute atomic E-state index is 5.79. The number of aromatic nitrogens is 1. The van der Waals surface area contributed by atoms with Crippen LogP contribution in [0.15, 0.2) is 22.9 Å². The van der Waals surface area contributed by atoms with Crippen molar-refractivity contribution in [2.24, 2.45) is 5.92 Å². The summed E-state index contributed by atoms with van der Waals surface area (Å²) in [4.78, 5) is 4.23. The normalized spacial score (nSPS) is 25.3. The monoisotopic (exact) mass is 312 g/mol. The van der Waals surface area contributed by atoms with Crippen LogP contribution in [0.2, 0.25) is 0 Å². The fourth-order valence-corrected chi connectivity index (χ4v) is 3.25. The Morgan fingerprint density at radius 3 is 3.06 bits per heavy atom. The van der Waals surface area contributed by atoms with E-state index >= 15 is 0 Å². The highest BCUT2D eigenvalue weighted by Gasteiger charge is 2.32. The summed E-state index contributed by atoms with van der Waals surface area (Å²) < 4.78 is 6.84. The summed E-state index contributed by atoms with van der Waals surface area (Å²) in [6.07, 6.45) is 7.44. The second-order valence-electron chi connectivity index (χ2n) is 4.88. The number of nitrogens with one attached hydrogen (secondary N) is 1. The molecule has 0 bridgehead atoms. The van der Waals surface area contributed by atoms with Gasteiger partial charge in [-0.1, -0.05) is 6.92 Å². The Hall–Kier alpha value is -0.450. The van der Waals surface area contributed by atoms with Crippen LogP contribution in [0.1, 0.15) is 25.3 Å². The topological polar surface area (TPSA) is 34.1 Å². The first-order valence-corrected chi connectivity index (χ1v) is 7.42. The number of halogens is 1. The zero-order valence-electron chi connectivity index (χ0n) is 11.0. The van der Waals surface area contributed by atoms with Gasteiger partial charge in [0.05, 0.1) is 6.10 Å². The Morgan fingerprint density at radius 1 is 1.56 bits per heavy atom. The van der Waals surface area contributed by atoms with Crippen molar-refractivity contribution in [1.82, 2.24) is 10.3 Å². The lowest BCUT2D eigenvalue weighted by Gasteiger charge is -2.26. The highest BCUT2D eigenvalue weighted by Crippen LogP contribution is 2.28. The number of rotatable bonds is 5. The van der Waals surface area contributed by atoms with Crippen LogP contribution in [-0.4, -0.2) is 30.8 Å². The fourth-order valence-electron chi connectivity index (χ4n) is 2.83. The van der Waals surface area contributed by atoms with Crippen molar-refractivity contribution in [2.45, 2.75) is 38.3 Å². The number of pyridine rings is 1. The molecule has 1 aliphatic heterocycles. The van der Waals surface area contributed by atoms with Gasteiger partial charge < -0.3 is 10.1 Å². The molecule has 2 rings (SSSR count). The summed E-state index contributed by atoms with van der Waals surface area (Å²) in [5.41, 5.74) is 1.27. The van der Waals surface area contributed by atoms with Crippen LogP contribution in [0.3, 0.4) is 0 Å². The Balaban J connectivity index is 2.05. The third-order valence-corrected chi connectivity index (χ3v) is 4.20. The van der Waals surface area contributed by atoms with Crippen molar-refractivity contribution in [3.8, 4) is 0 Å². The Morgan fingerprint density at radius 2 is 2.39 bits per heavy atom. The van der Waals surface area contributed by atoms with Crippen LogP contribution in [0.5, 0.6) is 0 Å². The maximum atomic E-state index is 5.79. The first kappa shape index (κ1) is 14.0. The lowest BCUT2D eigenvalue weighted by atomic mass is 9.88. The molecule has 0 aliphatic carbocycles. The molecular formula is C14H21BrN2O. The van der Waals surface area contributed by atoms with Gasteiger partial charge in [0.2, 0.25) is 0 Å². The van der Waals surface area contributed by atoms with Crippen LogP contribution in [0.25, 0.3) is 0 Å². The molecule has 1 saturated heterocycles. The third-order valence-electron chi connectivity index (χ3n) is 3.77. The molecule has 0 aromatic carbocycles. The van der Waals surface area contributed by atoms with Gasteiger partial charge in [0.15, 0.2) is 0 Å². The molecule has 1 aliphatic rings. The van der Waals surface area contributed by atoms with Gasteiger partial charge in [0, 0.05) is 35.4 Å². The molecule has 100 valence electrons. The summed E-state index contributed by atoms with van der Waals surface area (Å²) in [6, 6.07) is 2.61. The molecule has 1 N–H and O–H groups in total. The van der Waals surface area contributed by atoms with Gasteiger partial charge in [-0.05, 0) is 53.9 Å². The average Bonchev–Trinajstić information content (AvgIpc) is 2.84. The zero-order valence-corrected chi connectivity index (χ0v) is 12.6. The van der Waals surface area contributed by atoms with Gasteiger partial charge in [-0.15, -0.1) is 0 Å². The summed E-state index contributed by atoms with van der Waals surface area (Å²) in [5, 5.41) is 3.45. The predicted molar refractivity (Wildman–Crippen MR) is 76.6 cm³/mol. The van der Waals surface area contributed by atoms with E-state index in [0.29, 0.717) is 18.1 Å². The molecule has 0 saturated carbocycles. The molecule has 1 fully saturated rings. The van der Waals surface area contributed by atoms with Crippen molar-refractivity contribution in [3.05, 3.63) is 28.5 Å². The van der Waals surface area contributed by atoms with Gasteiger partial charge in [0.1, 0.15) is 0 Å². The molecule has 0 spiro atoms. The Kier molecular flexibility index (Phi) is 5.15. The van der Waals surface area contributed by atoms with Gasteiger partial charge in [-0.3, -0.25) is 4.98 Å². The number of hydrogen-bond donors (Lipinski definition) is 1. The lowest BCUT2D eigenvalue weighted by Crippen LogP contribution is -2.39. The summed E-state index contributed by atoms with van der Waals surface area (Å²) >= 11 is 3.48. The van der Waals surface area contributed by atoms with Crippen LogP contribution in [0.4, 0.5) is 0 Å².